The molecule has 6 heteroatoms. The highest BCUT2D eigenvalue weighted by atomic mass is 15.4. The number of hydrogen-bond acceptors (Lipinski definition) is 4. The normalized spacial score (nSPS) is 19.9. The van der Waals surface area contributed by atoms with Crippen LogP contribution in [0.15, 0.2) is 29.4 Å². The van der Waals surface area contributed by atoms with E-state index in [0.717, 1.165) is 57.0 Å². The van der Waals surface area contributed by atoms with Gasteiger partial charge in [0.1, 0.15) is 5.82 Å². The summed E-state index contributed by atoms with van der Waals surface area (Å²) in [6.07, 6.45) is 7.04. The molecule has 0 bridgehead atoms. The van der Waals surface area contributed by atoms with Crippen LogP contribution in [0.3, 0.4) is 0 Å². The molecule has 0 saturated carbocycles. The number of aliphatic imine (C=N–C) groups is 1. The number of pyridine rings is 1. The Morgan fingerprint density at radius 2 is 1.89 bits per heavy atom. The van der Waals surface area contributed by atoms with Crippen molar-refractivity contribution in [3.8, 4) is 0 Å². The molecule has 0 amide bonds. The zero-order chi connectivity index (χ0) is 19.6. The summed E-state index contributed by atoms with van der Waals surface area (Å²) in [5, 5.41) is 3.48. The lowest BCUT2D eigenvalue weighted by atomic mass is 9.99. The fourth-order valence-corrected chi connectivity index (χ4v) is 4.03. The molecule has 156 valence electrons. The van der Waals surface area contributed by atoms with Crippen LogP contribution in [0.25, 0.3) is 0 Å². The van der Waals surface area contributed by atoms with Crippen LogP contribution in [-0.2, 0) is 0 Å². The Bertz CT molecular complexity index is 574. The Kier molecular flexibility index (Phi) is 8.40. The largest absolute Gasteiger partial charge is 0.357 e. The van der Waals surface area contributed by atoms with Crippen LogP contribution in [0.2, 0.25) is 0 Å². The van der Waals surface area contributed by atoms with E-state index in [0.29, 0.717) is 0 Å². The van der Waals surface area contributed by atoms with E-state index < -0.39 is 0 Å². The number of unbranched alkanes of at least 4 members (excludes halogenated alkanes) is 1. The third kappa shape index (κ3) is 6.36. The number of piperazine rings is 1. The summed E-state index contributed by atoms with van der Waals surface area (Å²) in [5.41, 5.74) is 0. The van der Waals surface area contributed by atoms with Gasteiger partial charge >= 0.3 is 0 Å². The molecule has 2 saturated heterocycles. The predicted octanol–water partition coefficient (Wildman–Crippen LogP) is 2.68. The van der Waals surface area contributed by atoms with E-state index in [-0.39, 0.29) is 0 Å². The van der Waals surface area contributed by atoms with Crippen LogP contribution in [0, 0.1) is 5.92 Å². The first-order chi connectivity index (χ1) is 13.8. The molecular formula is C22H38N6. The quantitative estimate of drug-likeness (QED) is 0.443. The maximum atomic E-state index is 4.91. The second kappa shape index (κ2) is 11.2. The number of likely N-dealkylation sites (tertiary alicyclic amines) is 1. The number of aromatic nitrogens is 1. The lowest BCUT2D eigenvalue weighted by molar-refractivity contribution is 0.190. The molecule has 0 aromatic carbocycles. The van der Waals surface area contributed by atoms with E-state index in [4.69, 9.17) is 4.99 Å². The monoisotopic (exact) mass is 386 g/mol. The molecule has 6 nitrogen and oxygen atoms in total. The fraction of sp³-hybridized carbons (Fsp3) is 0.727. The Labute approximate surface area is 171 Å². The fourth-order valence-electron chi connectivity index (χ4n) is 4.03. The van der Waals surface area contributed by atoms with Gasteiger partial charge in [0, 0.05) is 45.5 Å². The summed E-state index contributed by atoms with van der Waals surface area (Å²) in [7, 11) is 0. The van der Waals surface area contributed by atoms with Crippen molar-refractivity contribution < 1.29 is 0 Å². The molecule has 3 heterocycles. The molecule has 0 atom stereocenters. The number of piperidine rings is 1. The van der Waals surface area contributed by atoms with E-state index in [2.05, 4.69) is 51.0 Å². The SMILES string of the molecule is CCNC(=NCCCCN1CCC(C)CC1)N1CCN(c2ccccn2)CC1. The highest BCUT2D eigenvalue weighted by molar-refractivity contribution is 5.80. The molecule has 0 radical (unpaired) electrons. The summed E-state index contributed by atoms with van der Waals surface area (Å²) in [6, 6.07) is 6.13. The van der Waals surface area contributed by atoms with Gasteiger partial charge in [0.2, 0.25) is 0 Å². The molecule has 2 aliphatic rings. The van der Waals surface area contributed by atoms with Crippen molar-refractivity contribution in [2.45, 2.75) is 39.5 Å². The summed E-state index contributed by atoms with van der Waals surface area (Å²) >= 11 is 0. The highest BCUT2D eigenvalue weighted by Crippen LogP contribution is 2.16. The Hall–Kier alpha value is -1.82. The van der Waals surface area contributed by atoms with Crippen molar-refractivity contribution in [1.29, 1.82) is 0 Å². The number of nitrogens with zero attached hydrogens (tertiary/aromatic N) is 5. The molecule has 1 N–H and O–H groups in total. The van der Waals surface area contributed by atoms with Crippen LogP contribution in [0.5, 0.6) is 0 Å². The van der Waals surface area contributed by atoms with Gasteiger partial charge in [0.15, 0.2) is 5.96 Å². The van der Waals surface area contributed by atoms with Crippen molar-refractivity contribution in [2.75, 3.05) is 63.8 Å². The van der Waals surface area contributed by atoms with Crippen molar-refractivity contribution in [2.24, 2.45) is 10.9 Å². The Morgan fingerprint density at radius 3 is 2.57 bits per heavy atom. The Morgan fingerprint density at radius 1 is 1.11 bits per heavy atom. The number of nitrogens with one attached hydrogen (secondary N) is 1. The van der Waals surface area contributed by atoms with Gasteiger partial charge in [0.25, 0.3) is 0 Å². The minimum Gasteiger partial charge on any atom is -0.357 e. The van der Waals surface area contributed by atoms with Crippen LogP contribution in [-0.4, -0.2) is 79.6 Å². The molecule has 2 aliphatic heterocycles. The number of rotatable bonds is 7. The first-order valence-corrected chi connectivity index (χ1v) is 11.2. The molecule has 2 fully saturated rings. The average molecular weight is 387 g/mol. The number of hydrogen-bond donors (Lipinski definition) is 1. The molecule has 28 heavy (non-hydrogen) atoms. The summed E-state index contributed by atoms with van der Waals surface area (Å²) < 4.78 is 0. The van der Waals surface area contributed by atoms with E-state index in [1.54, 1.807) is 0 Å². The van der Waals surface area contributed by atoms with Crippen LogP contribution in [0.4, 0.5) is 5.82 Å². The highest BCUT2D eigenvalue weighted by Gasteiger charge is 2.20. The van der Waals surface area contributed by atoms with E-state index in [1.807, 2.05) is 12.3 Å². The van der Waals surface area contributed by atoms with Gasteiger partial charge in [-0.05, 0) is 70.3 Å². The van der Waals surface area contributed by atoms with Gasteiger partial charge in [-0.15, -0.1) is 0 Å². The average Bonchev–Trinajstić information content (AvgIpc) is 2.75. The van der Waals surface area contributed by atoms with Crippen molar-refractivity contribution in [3.63, 3.8) is 0 Å². The zero-order valence-corrected chi connectivity index (χ0v) is 17.8. The lowest BCUT2D eigenvalue weighted by Gasteiger charge is -2.37. The minimum absolute atomic E-state index is 0.918. The van der Waals surface area contributed by atoms with Gasteiger partial charge in [-0.2, -0.15) is 0 Å². The smallest absolute Gasteiger partial charge is 0.194 e. The molecule has 3 rings (SSSR count). The van der Waals surface area contributed by atoms with Gasteiger partial charge in [-0.25, -0.2) is 4.98 Å². The lowest BCUT2D eigenvalue weighted by Crippen LogP contribution is -2.52. The maximum Gasteiger partial charge on any atom is 0.194 e. The topological polar surface area (TPSA) is 47.0 Å². The van der Waals surface area contributed by atoms with Gasteiger partial charge < -0.3 is 20.0 Å². The number of guanidine groups is 1. The van der Waals surface area contributed by atoms with Gasteiger partial charge in [0.05, 0.1) is 0 Å². The standard InChI is InChI=1S/C22H38N6/c1-3-23-22(25-12-6-7-13-26-14-9-20(2)10-15-26)28-18-16-27(17-19-28)21-8-4-5-11-24-21/h4-5,8,11,20H,3,6-7,9-10,12-19H2,1-2H3,(H,23,25). The summed E-state index contributed by atoms with van der Waals surface area (Å²) in [4.78, 5) is 16.8. The number of anilines is 1. The first-order valence-electron chi connectivity index (χ1n) is 11.2. The summed E-state index contributed by atoms with van der Waals surface area (Å²) in [5.74, 6) is 3.08. The van der Waals surface area contributed by atoms with Crippen LogP contribution >= 0.6 is 0 Å². The Balaban J connectivity index is 1.39. The van der Waals surface area contributed by atoms with Crippen molar-refractivity contribution in [1.82, 2.24) is 20.1 Å². The third-order valence-electron chi connectivity index (χ3n) is 5.91. The maximum absolute atomic E-state index is 4.91. The third-order valence-corrected chi connectivity index (χ3v) is 5.91. The van der Waals surface area contributed by atoms with Gasteiger partial charge in [-0.1, -0.05) is 13.0 Å². The molecular weight excluding hydrogens is 348 g/mol. The molecule has 1 aromatic heterocycles. The van der Waals surface area contributed by atoms with Crippen LogP contribution in [0.1, 0.15) is 39.5 Å². The second-order valence-electron chi connectivity index (χ2n) is 8.13. The van der Waals surface area contributed by atoms with E-state index in [9.17, 15) is 0 Å². The minimum atomic E-state index is 0.918. The summed E-state index contributed by atoms with van der Waals surface area (Å²) in [6.45, 7) is 14.2. The molecule has 0 unspecified atom stereocenters. The second-order valence-corrected chi connectivity index (χ2v) is 8.13. The van der Waals surface area contributed by atoms with E-state index >= 15 is 0 Å². The van der Waals surface area contributed by atoms with Crippen molar-refractivity contribution >= 4 is 11.8 Å². The molecule has 1 aromatic rings. The van der Waals surface area contributed by atoms with Crippen molar-refractivity contribution in [3.05, 3.63) is 24.4 Å². The zero-order valence-electron chi connectivity index (χ0n) is 17.8. The van der Waals surface area contributed by atoms with E-state index in [1.165, 1.54) is 45.3 Å². The predicted molar refractivity (Wildman–Crippen MR) is 118 cm³/mol. The molecule has 0 aliphatic carbocycles. The molecule has 0 spiro atoms. The van der Waals surface area contributed by atoms with Gasteiger partial charge in [-0.3, -0.25) is 4.99 Å². The van der Waals surface area contributed by atoms with Crippen LogP contribution < -0.4 is 10.2 Å². The first kappa shape index (κ1) is 20.9.